The van der Waals surface area contributed by atoms with Gasteiger partial charge in [0.1, 0.15) is 5.75 Å². The van der Waals surface area contributed by atoms with Gasteiger partial charge >= 0.3 is 5.91 Å². The molecule has 0 radical (unpaired) electrons. The second kappa shape index (κ2) is 12.2. The molecule has 0 aliphatic carbocycles. The highest BCUT2D eigenvalue weighted by Crippen LogP contribution is 2.25. The van der Waals surface area contributed by atoms with Crippen molar-refractivity contribution in [3.63, 3.8) is 0 Å². The average molecular weight is 494 g/mol. The Labute approximate surface area is 204 Å². The number of rotatable bonds is 11. The van der Waals surface area contributed by atoms with Crippen LogP contribution in [0.1, 0.15) is 26.3 Å². The molecule has 180 valence electrons. The van der Waals surface area contributed by atoms with Crippen LogP contribution in [0.5, 0.6) is 5.75 Å². The minimum Gasteiger partial charge on any atom is -0.548 e. The van der Waals surface area contributed by atoms with Crippen LogP contribution in [0.2, 0.25) is 0 Å². The Morgan fingerprint density at radius 3 is 2.26 bits per heavy atom. The van der Waals surface area contributed by atoms with E-state index in [4.69, 9.17) is 0 Å². The number of carboxylic acids is 1. The van der Waals surface area contributed by atoms with Crippen LogP contribution in [-0.2, 0) is 10.5 Å². The molecule has 35 heavy (non-hydrogen) atoms. The number of anilines is 2. The molecule has 0 saturated heterocycles. The first kappa shape index (κ1) is 25.2. The quantitative estimate of drug-likeness (QED) is 0.179. The Hall–Kier alpha value is -4.38. The monoisotopic (exact) mass is 493 g/mol. The zero-order chi connectivity index (χ0) is 25.2. The number of nitroso groups, excluding NO2 is 1. The molecular weight excluding hydrogens is 472 g/mol. The zero-order valence-corrected chi connectivity index (χ0v) is 19.1. The van der Waals surface area contributed by atoms with Crippen LogP contribution in [0, 0.1) is 4.91 Å². The largest absolute Gasteiger partial charge is 0.548 e. The molecule has 3 rings (SSSR count). The smallest absolute Gasteiger partial charge is 0.316 e. The van der Waals surface area contributed by atoms with Crippen molar-refractivity contribution in [2.24, 2.45) is 5.18 Å². The number of hydrogen-bond acceptors (Lipinski definition) is 9. The van der Waals surface area contributed by atoms with Gasteiger partial charge in [-0.15, -0.1) is 4.91 Å². The van der Waals surface area contributed by atoms with E-state index in [0.717, 1.165) is 5.56 Å². The molecule has 0 aromatic heterocycles. The summed E-state index contributed by atoms with van der Waals surface area (Å²) < 4.78 is 0. The number of nitrogens with zero attached hydrogens (tertiary/aromatic N) is 1. The van der Waals surface area contributed by atoms with Gasteiger partial charge in [-0.05, 0) is 48.0 Å². The van der Waals surface area contributed by atoms with Gasteiger partial charge in [0.15, 0.2) is 0 Å². The predicted octanol–water partition coefficient (Wildman–Crippen LogP) is 2.52. The van der Waals surface area contributed by atoms with Crippen LogP contribution in [0.3, 0.4) is 0 Å². The molecule has 1 unspecified atom stereocenters. The van der Waals surface area contributed by atoms with Crippen molar-refractivity contribution in [2.45, 2.75) is 11.8 Å². The lowest BCUT2D eigenvalue weighted by atomic mass is 10.1. The van der Waals surface area contributed by atoms with E-state index < -0.39 is 23.8 Å². The standard InChI is InChI=1S/C24H22N4O6S/c29-21-12-17(8-11-19(21)27-26-18-9-6-16(7-10-18)23(31)28-34)22(30)25-20(24(32)33)14-35-13-15-4-2-1-3-5-15/h1-12,20,26-27,29H,13-14H2,(H,25,30)(H,32,33)/p-1. The van der Waals surface area contributed by atoms with Gasteiger partial charge in [-0.2, -0.15) is 11.8 Å². The Morgan fingerprint density at radius 2 is 1.63 bits per heavy atom. The molecule has 11 heteroatoms. The third-order valence-corrected chi connectivity index (χ3v) is 5.91. The van der Waals surface area contributed by atoms with Crippen LogP contribution in [0.4, 0.5) is 11.4 Å². The van der Waals surface area contributed by atoms with Crippen LogP contribution in [0.25, 0.3) is 0 Å². The molecule has 2 amide bonds. The van der Waals surface area contributed by atoms with E-state index >= 15 is 0 Å². The predicted molar refractivity (Wildman–Crippen MR) is 131 cm³/mol. The minimum atomic E-state index is -1.40. The molecule has 4 N–H and O–H groups in total. The Morgan fingerprint density at radius 1 is 0.943 bits per heavy atom. The molecule has 3 aromatic rings. The molecule has 0 aliphatic rings. The number of hydrogen-bond donors (Lipinski definition) is 4. The third kappa shape index (κ3) is 7.30. The topological polar surface area (TPSA) is 160 Å². The van der Waals surface area contributed by atoms with E-state index in [2.05, 4.69) is 21.3 Å². The van der Waals surface area contributed by atoms with Gasteiger partial charge in [-0.3, -0.25) is 15.0 Å². The lowest BCUT2D eigenvalue weighted by Gasteiger charge is -2.20. The Balaban J connectivity index is 1.55. The van der Waals surface area contributed by atoms with E-state index in [9.17, 15) is 29.5 Å². The van der Waals surface area contributed by atoms with E-state index in [0.29, 0.717) is 11.4 Å². The first-order valence-corrected chi connectivity index (χ1v) is 11.5. The number of thioether (sulfide) groups is 1. The molecule has 0 heterocycles. The van der Waals surface area contributed by atoms with Crippen molar-refractivity contribution >= 4 is 40.9 Å². The summed E-state index contributed by atoms with van der Waals surface area (Å²) in [4.78, 5) is 45.5. The summed E-state index contributed by atoms with van der Waals surface area (Å²) in [5.74, 6) is -2.51. The summed E-state index contributed by atoms with van der Waals surface area (Å²) in [7, 11) is 0. The summed E-state index contributed by atoms with van der Waals surface area (Å²) in [5, 5.41) is 26.5. The van der Waals surface area contributed by atoms with E-state index in [-0.39, 0.29) is 28.3 Å². The van der Waals surface area contributed by atoms with Crippen LogP contribution >= 0.6 is 11.8 Å². The van der Waals surface area contributed by atoms with Crippen molar-refractivity contribution in [1.29, 1.82) is 0 Å². The van der Waals surface area contributed by atoms with Crippen molar-refractivity contribution in [2.75, 3.05) is 16.6 Å². The first-order chi connectivity index (χ1) is 16.9. The summed E-state index contributed by atoms with van der Waals surface area (Å²) in [5.41, 5.74) is 7.55. The Kier molecular flexibility index (Phi) is 8.79. The van der Waals surface area contributed by atoms with E-state index in [1.165, 1.54) is 54.2 Å². The van der Waals surface area contributed by atoms with Crippen molar-refractivity contribution in [3.8, 4) is 5.75 Å². The van der Waals surface area contributed by atoms with Crippen LogP contribution < -0.4 is 21.3 Å². The van der Waals surface area contributed by atoms with Crippen molar-refractivity contribution in [1.82, 2.24) is 5.32 Å². The summed E-state index contributed by atoms with van der Waals surface area (Å²) in [6.45, 7) is 0. The summed E-state index contributed by atoms with van der Waals surface area (Å²) in [6.07, 6.45) is 0. The van der Waals surface area contributed by atoms with Gasteiger partial charge in [-0.25, -0.2) is 0 Å². The van der Waals surface area contributed by atoms with E-state index in [1.807, 2.05) is 30.3 Å². The second-order valence-electron chi connectivity index (χ2n) is 7.30. The molecule has 10 nitrogen and oxygen atoms in total. The van der Waals surface area contributed by atoms with E-state index in [1.54, 1.807) is 0 Å². The number of carboxylic acid groups (broad SMARTS) is 1. The molecule has 0 bridgehead atoms. The minimum absolute atomic E-state index is 0.0663. The molecule has 1 atom stereocenters. The third-order valence-electron chi connectivity index (χ3n) is 4.80. The number of phenolic OH excluding ortho intramolecular Hbond substituents is 1. The number of amides is 2. The average Bonchev–Trinajstić information content (AvgIpc) is 2.87. The number of aromatic hydroxyl groups is 1. The molecule has 0 fully saturated rings. The molecule has 3 aromatic carbocycles. The number of carbonyl (C=O) groups is 3. The number of hydrazine groups is 1. The lowest BCUT2D eigenvalue weighted by molar-refractivity contribution is -0.307. The normalized spacial score (nSPS) is 11.2. The maximum atomic E-state index is 12.5. The number of aliphatic carboxylic acids is 1. The maximum Gasteiger partial charge on any atom is 0.316 e. The summed E-state index contributed by atoms with van der Waals surface area (Å²) in [6, 6.07) is 18.2. The van der Waals surface area contributed by atoms with Gasteiger partial charge in [-0.1, -0.05) is 30.3 Å². The lowest BCUT2D eigenvalue weighted by Crippen LogP contribution is -2.49. The second-order valence-corrected chi connectivity index (χ2v) is 8.33. The highest BCUT2D eigenvalue weighted by Gasteiger charge is 2.16. The Bertz CT molecular complexity index is 1200. The zero-order valence-electron chi connectivity index (χ0n) is 18.3. The van der Waals surface area contributed by atoms with Crippen LogP contribution in [-0.4, -0.2) is 34.7 Å². The van der Waals surface area contributed by atoms with Gasteiger partial charge < -0.3 is 25.8 Å². The maximum absolute atomic E-state index is 12.5. The van der Waals surface area contributed by atoms with Gasteiger partial charge in [0.05, 0.1) is 23.4 Å². The fraction of sp³-hybridized carbons (Fsp3) is 0.125. The van der Waals surface area contributed by atoms with Crippen molar-refractivity contribution < 1.29 is 24.6 Å². The highest BCUT2D eigenvalue weighted by molar-refractivity contribution is 7.98. The number of nitrogens with one attached hydrogen (secondary N) is 3. The highest BCUT2D eigenvalue weighted by atomic mass is 32.2. The molecule has 0 aliphatic heterocycles. The fourth-order valence-corrected chi connectivity index (χ4v) is 3.95. The number of benzene rings is 3. The van der Waals surface area contributed by atoms with Crippen molar-refractivity contribution in [3.05, 3.63) is 94.4 Å². The molecule has 0 saturated carbocycles. The molecule has 0 spiro atoms. The van der Waals surface area contributed by atoms with Gasteiger partial charge in [0, 0.05) is 27.8 Å². The fourth-order valence-electron chi connectivity index (χ4n) is 2.95. The summed E-state index contributed by atoms with van der Waals surface area (Å²) >= 11 is 1.35. The van der Waals surface area contributed by atoms with Gasteiger partial charge in [0.25, 0.3) is 5.91 Å². The number of carbonyl (C=O) groups excluding carboxylic acids is 3. The first-order valence-electron chi connectivity index (χ1n) is 10.3. The number of phenols is 1. The molecular formula is C24H21N4O6S-. The van der Waals surface area contributed by atoms with Crippen LogP contribution in [0.15, 0.2) is 78.0 Å². The SMILES string of the molecule is O=NC(=O)c1ccc(NNc2ccc(C(=O)NC(CSCc3ccccc3)C(=O)[O-])cc2O)cc1. The van der Waals surface area contributed by atoms with Gasteiger partial charge in [0.2, 0.25) is 0 Å².